The average Bonchev–Trinajstić information content (AvgIpc) is 2.25. The van der Waals surface area contributed by atoms with Gasteiger partial charge in [-0.3, -0.25) is 4.79 Å². The van der Waals surface area contributed by atoms with Crippen molar-refractivity contribution >= 4 is 29.9 Å². The fraction of sp³-hybridized carbons (Fsp3) is 0.364. The van der Waals surface area contributed by atoms with Crippen LogP contribution in [0.5, 0.6) is 5.75 Å². The molecule has 1 aromatic carbocycles. The molecule has 0 aromatic heterocycles. The molecule has 1 aromatic rings. The monoisotopic (exact) mass is 278 g/mol. The molecule has 96 valence electrons. The first-order valence-corrected chi connectivity index (χ1v) is 5.28. The fourth-order valence-corrected chi connectivity index (χ4v) is 1.45. The van der Waals surface area contributed by atoms with Crippen molar-refractivity contribution in [3.05, 3.63) is 28.8 Å². The Labute approximate surface area is 112 Å². The average molecular weight is 279 g/mol. The number of rotatable bonds is 4. The third kappa shape index (κ3) is 4.81. The van der Waals surface area contributed by atoms with E-state index in [1.54, 1.807) is 26.2 Å². The molecule has 0 aliphatic rings. The lowest BCUT2D eigenvalue weighted by Crippen LogP contribution is -2.37. The van der Waals surface area contributed by atoms with Gasteiger partial charge in [-0.25, -0.2) is 0 Å². The zero-order valence-electron chi connectivity index (χ0n) is 9.70. The second-order valence-corrected chi connectivity index (χ2v) is 3.88. The molecule has 0 bridgehead atoms. The van der Waals surface area contributed by atoms with E-state index in [1.807, 2.05) is 6.07 Å². The van der Waals surface area contributed by atoms with Crippen molar-refractivity contribution in [2.24, 2.45) is 5.73 Å². The summed E-state index contributed by atoms with van der Waals surface area (Å²) in [5.41, 5.74) is 6.32. The summed E-state index contributed by atoms with van der Waals surface area (Å²) >= 11 is 5.94. The molecule has 0 fully saturated rings. The molecular weight excluding hydrogens is 263 g/mol. The maximum absolute atomic E-state index is 11.2. The Hall–Kier alpha value is -0.970. The summed E-state index contributed by atoms with van der Waals surface area (Å²) in [4.78, 5) is 11.2. The van der Waals surface area contributed by atoms with Gasteiger partial charge in [-0.1, -0.05) is 17.7 Å². The number of hydrogen-bond donors (Lipinski definition) is 2. The first-order chi connectivity index (χ1) is 7.54. The normalized spacial score (nSPS) is 11.3. The Kier molecular flexibility index (Phi) is 6.95. The Morgan fingerprint density at radius 1 is 1.59 bits per heavy atom. The van der Waals surface area contributed by atoms with Crippen molar-refractivity contribution in [1.29, 1.82) is 0 Å². The summed E-state index contributed by atoms with van der Waals surface area (Å²) in [6.07, 6.45) is 0. The van der Waals surface area contributed by atoms with Gasteiger partial charge in [0, 0.05) is 6.54 Å². The van der Waals surface area contributed by atoms with E-state index in [0.29, 0.717) is 17.3 Å². The van der Waals surface area contributed by atoms with Crippen LogP contribution < -0.4 is 15.8 Å². The molecule has 1 unspecified atom stereocenters. The maximum atomic E-state index is 11.2. The van der Waals surface area contributed by atoms with Crippen molar-refractivity contribution in [2.45, 2.75) is 19.5 Å². The summed E-state index contributed by atoms with van der Waals surface area (Å²) in [6.45, 7) is 2.04. The lowest BCUT2D eigenvalue weighted by molar-refractivity contribution is -0.122. The molecule has 6 heteroatoms. The van der Waals surface area contributed by atoms with Crippen molar-refractivity contribution in [3.63, 3.8) is 0 Å². The van der Waals surface area contributed by atoms with Crippen molar-refractivity contribution in [3.8, 4) is 5.75 Å². The van der Waals surface area contributed by atoms with Crippen molar-refractivity contribution in [2.75, 3.05) is 7.11 Å². The molecule has 0 saturated carbocycles. The van der Waals surface area contributed by atoms with Gasteiger partial charge in [-0.15, -0.1) is 12.4 Å². The van der Waals surface area contributed by atoms with Gasteiger partial charge in [-0.2, -0.15) is 0 Å². The minimum atomic E-state index is -0.506. The standard InChI is InChI=1S/C11H15ClN2O2.ClH/c1-7(13)11(15)14-6-8-3-4-10(16-2)9(12)5-8;/h3-5,7H,6,13H2,1-2H3,(H,14,15);1H. The van der Waals surface area contributed by atoms with Crippen LogP contribution in [-0.4, -0.2) is 19.1 Å². The molecule has 0 aliphatic carbocycles. The smallest absolute Gasteiger partial charge is 0.236 e. The number of nitrogens with one attached hydrogen (secondary N) is 1. The molecule has 3 N–H and O–H groups in total. The van der Waals surface area contributed by atoms with E-state index in [9.17, 15) is 4.79 Å². The van der Waals surface area contributed by atoms with E-state index in [2.05, 4.69) is 5.32 Å². The highest BCUT2D eigenvalue weighted by molar-refractivity contribution is 6.32. The number of halogens is 2. The summed E-state index contributed by atoms with van der Waals surface area (Å²) in [6, 6.07) is 4.85. The minimum Gasteiger partial charge on any atom is -0.495 e. The molecule has 0 radical (unpaired) electrons. The van der Waals surface area contributed by atoms with Gasteiger partial charge in [0.15, 0.2) is 0 Å². The van der Waals surface area contributed by atoms with Crippen LogP contribution in [-0.2, 0) is 11.3 Å². The molecule has 0 aliphatic heterocycles. The van der Waals surface area contributed by atoms with Gasteiger partial charge in [0.05, 0.1) is 18.2 Å². The highest BCUT2D eigenvalue weighted by atomic mass is 35.5. The van der Waals surface area contributed by atoms with E-state index in [4.69, 9.17) is 22.1 Å². The van der Waals surface area contributed by atoms with Gasteiger partial charge < -0.3 is 15.8 Å². The van der Waals surface area contributed by atoms with Crippen LogP contribution in [0.1, 0.15) is 12.5 Å². The molecule has 1 amide bonds. The lowest BCUT2D eigenvalue weighted by atomic mass is 10.2. The summed E-state index contributed by atoms with van der Waals surface area (Å²) < 4.78 is 5.02. The zero-order chi connectivity index (χ0) is 12.1. The van der Waals surface area contributed by atoms with Crippen LogP contribution in [0.3, 0.4) is 0 Å². The quantitative estimate of drug-likeness (QED) is 0.882. The number of carbonyl (C=O) groups excluding carboxylic acids is 1. The second kappa shape index (κ2) is 7.37. The van der Waals surface area contributed by atoms with Crippen LogP contribution in [0.25, 0.3) is 0 Å². The van der Waals surface area contributed by atoms with Crippen LogP contribution >= 0.6 is 24.0 Å². The summed E-state index contributed by atoms with van der Waals surface area (Å²) in [5, 5.41) is 3.22. The SMILES string of the molecule is COc1ccc(CNC(=O)C(C)N)cc1Cl.Cl. The molecule has 0 spiro atoms. The lowest BCUT2D eigenvalue weighted by Gasteiger charge is -2.09. The zero-order valence-corrected chi connectivity index (χ0v) is 11.3. The predicted molar refractivity (Wildman–Crippen MR) is 70.7 cm³/mol. The van der Waals surface area contributed by atoms with Crippen LogP contribution in [0.15, 0.2) is 18.2 Å². The summed E-state index contributed by atoms with van der Waals surface area (Å²) in [7, 11) is 1.55. The van der Waals surface area contributed by atoms with E-state index >= 15 is 0 Å². The molecule has 17 heavy (non-hydrogen) atoms. The number of hydrogen-bond acceptors (Lipinski definition) is 3. The van der Waals surface area contributed by atoms with E-state index < -0.39 is 6.04 Å². The van der Waals surface area contributed by atoms with Gasteiger partial charge in [0.25, 0.3) is 0 Å². The van der Waals surface area contributed by atoms with Crippen LogP contribution in [0.2, 0.25) is 5.02 Å². The first kappa shape index (κ1) is 16.0. The fourth-order valence-electron chi connectivity index (χ4n) is 1.17. The molecule has 0 heterocycles. The Balaban J connectivity index is 0.00000256. The first-order valence-electron chi connectivity index (χ1n) is 4.90. The highest BCUT2D eigenvalue weighted by Gasteiger charge is 2.07. The van der Waals surface area contributed by atoms with Gasteiger partial charge in [0.2, 0.25) is 5.91 Å². The molecule has 0 saturated heterocycles. The third-order valence-corrected chi connectivity index (χ3v) is 2.39. The number of methoxy groups -OCH3 is 1. The number of benzene rings is 1. The highest BCUT2D eigenvalue weighted by Crippen LogP contribution is 2.24. The predicted octanol–water partition coefficient (Wildman–Crippen LogP) is 1.73. The van der Waals surface area contributed by atoms with Crippen molar-refractivity contribution < 1.29 is 9.53 Å². The maximum Gasteiger partial charge on any atom is 0.236 e. The molecule has 1 atom stereocenters. The Morgan fingerprint density at radius 3 is 2.71 bits per heavy atom. The van der Waals surface area contributed by atoms with Gasteiger partial charge in [0.1, 0.15) is 5.75 Å². The summed E-state index contributed by atoms with van der Waals surface area (Å²) in [5.74, 6) is 0.427. The van der Waals surface area contributed by atoms with E-state index in [1.165, 1.54) is 0 Å². The minimum absolute atomic E-state index is 0. The van der Waals surface area contributed by atoms with Crippen LogP contribution in [0.4, 0.5) is 0 Å². The molecular formula is C11H16Cl2N2O2. The second-order valence-electron chi connectivity index (χ2n) is 3.48. The molecule has 1 rings (SSSR count). The van der Waals surface area contributed by atoms with Crippen molar-refractivity contribution in [1.82, 2.24) is 5.32 Å². The van der Waals surface area contributed by atoms with Crippen LogP contribution in [0, 0.1) is 0 Å². The van der Waals surface area contributed by atoms with Gasteiger partial charge >= 0.3 is 0 Å². The third-order valence-electron chi connectivity index (χ3n) is 2.10. The Bertz CT molecular complexity index is 384. The molecule has 4 nitrogen and oxygen atoms in total. The number of carbonyl (C=O) groups is 1. The number of nitrogens with two attached hydrogens (primary N) is 1. The number of amides is 1. The number of ether oxygens (including phenoxy) is 1. The van der Waals surface area contributed by atoms with E-state index in [0.717, 1.165) is 5.56 Å². The van der Waals surface area contributed by atoms with Gasteiger partial charge in [-0.05, 0) is 24.6 Å². The van der Waals surface area contributed by atoms with E-state index in [-0.39, 0.29) is 18.3 Å². The topological polar surface area (TPSA) is 64.3 Å². The Morgan fingerprint density at radius 2 is 2.24 bits per heavy atom. The largest absolute Gasteiger partial charge is 0.495 e.